The SMILES string of the molecule is CCCCCCCC1OC2C3CC(C2O1)C(C(=O)NCCCCCN)C3C(=O)NCCCCCN.[Cl-].[Cl-]. The van der Waals surface area contributed by atoms with Crippen molar-refractivity contribution in [2.24, 2.45) is 35.1 Å². The van der Waals surface area contributed by atoms with Crippen LogP contribution in [-0.4, -0.2) is 56.5 Å². The summed E-state index contributed by atoms with van der Waals surface area (Å²) in [5, 5.41) is 6.22. The minimum absolute atomic E-state index is 0. The number of fused-ring (bicyclic) bond motifs is 5. The molecule has 0 radical (unpaired) electrons. The van der Waals surface area contributed by atoms with Crippen LogP contribution in [0.4, 0.5) is 0 Å². The molecule has 1 aliphatic heterocycles. The molecular formula is C27H50Cl2N4O4-2. The van der Waals surface area contributed by atoms with Crippen LogP contribution in [0.2, 0.25) is 0 Å². The summed E-state index contributed by atoms with van der Waals surface area (Å²) < 4.78 is 12.7. The van der Waals surface area contributed by atoms with Crippen LogP contribution >= 0.6 is 0 Å². The van der Waals surface area contributed by atoms with E-state index in [1.165, 1.54) is 25.7 Å². The monoisotopic (exact) mass is 564 g/mol. The van der Waals surface area contributed by atoms with Gasteiger partial charge in [-0.1, -0.05) is 45.4 Å². The third kappa shape index (κ3) is 9.50. The number of nitrogens with two attached hydrogens (primary N) is 2. The van der Waals surface area contributed by atoms with E-state index in [4.69, 9.17) is 20.9 Å². The van der Waals surface area contributed by atoms with Crippen molar-refractivity contribution in [2.75, 3.05) is 26.2 Å². The van der Waals surface area contributed by atoms with E-state index in [2.05, 4.69) is 17.6 Å². The molecule has 0 aromatic carbocycles. The quantitative estimate of drug-likeness (QED) is 0.130. The fourth-order valence-corrected chi connectivity index (χ4v) is 6.36. The predicted molar refractivity (Wildman–Crippen MR) is 137 cm³/mol. The first-order valence-corrected chi connectivity index (χ1v) is 14.4. The predicted octanol–water partition coefficient (Wildman–Crippen LogP) is -3.16. The Morgan fingerprint density at radius 1 is 0.703 bits per heavy atom. The van der Waals surface area contributed by atoms with E-state index in [1.807, 2.05) is 0 Å². The molecular weight excluding hydrogens is 515 g/mol. The molecule has 0 aromatic heterocycles. The van der Waals surface area contributed by atoms with Gasteiger partial charge in [0.1, 0.15) is 0 Å². The van der Waals surface area contributed by atoms with Crippen LogP contribution in [0.15, 0.2) is 0 Å². The molecule has 0 aromatic rings. The second-order valence-electron chi connectivity index (χ2n) is 10.7. The van der Waals surface area contributed by atoms with Crippen LogP contribution in [-0.2, 0) is 19.1 Å². The zero-order valence-electron chi connectivity index (χ0n) is 22.6. The highest BCUT2D eigenvalue weighted by atomic mass is 35.5. The summed E-state index contributed by atoms with van der Waals surface area (Å²) in [4.78, 5) is 26.6. The Kier molecular flexibility index (Phi) is 17.3. The smallest absolute Gasteiger partial charge is 0.224 e. The van der Waals surface area contributed by atoms with Gasteiger partial charge in [-0.15, -0.1) is 0 Å². The van der Waals surface area contributed by atoms with E-state index in [0.717, 1.165) is 57.8 Å². The summed E-state index contributed by atoms with van der Waals surface area (Å²) in [5.74, 6) is -0.588. The lowest BCUT2D eigenvalue weighted by molar-refractivity contribution is -0.140. The number of hydrogen-bond acceptors (Lipinski definition) is 6. The lowest BCUT2D eigenvalue weighted by atomic mass is 9.75. The van der Waals surface area contributed by atoms with Crippen molar-refractivity contribution in [2.45, 2.75) is 109 Å². The molecule has 3 rings (SSSR count). The first-order valence-electron chi connectivity index (χ1n) is 14.4. The van der Waals surface area contributed by atoms with Crippen molar-refractivity contribution in [1.82, 2.24) is 10.6 Å². The number of amides is 2. The summed E-state index contributed by atoms with van der Waals surface area (Å²) in [7, 11) is 0. The van der Waals surface area contributed by atoms with E-state index in [1.54, 1.807) is 0 Å². The largest absolute Gasteiger partial charge is 1.00 e. The molecule has 3 aliphatic rings. The highest BCUT2D eigenvalue weighted by molar-refractivity contribution is 5.89. The van der Waals surface area contributed by atoms with Crippen LogP contribution in [0, 0.1) is 23.7 Å². The number of ether oxygens (including phenoxy) is 2. The van der Waals surface area contributed by atoms with Gasteiger partial charge in [0, 0.05) is 24.9 Å². The second kappa shape index (κ2) is 18.6. The van der Waals surface area contributed by atoms with Crippen molar-refractivity contribution in [1.29, 1.82) is 0 Å². The van der Waals surface area contributed by atoms with Gasteiger partial charge in [-0.05, 0) is 58.0 Å². The van der Waals surface area contributed by atoms with Crippen molar-refractivity contribution in [3.63, 3.8) is 0 Å². The molecule has 1 heterocycles. The summed E-state index contributed by atoms with van der Waals surface area (Å²) in [6.07, 6.45) is 13.2. The van der Waals surface area contributed by atoms with Gasteiger partial charge in [-0.25, -0.2) is 0 Å². The molecule has 2 amide bonds. The Balaban J connectivity index is 0.00000342. The molecule has 3 fully saturated rings. The van der Waals surface area contributed by atoms with Gasteiger partial charge in [-0.3, -0.25) is 9.59 Å². The average Bonchev–Trinajstić information content (AvgIpc) is 3.54. The minimum atomic E-state index is -0.341. The minimum Gasteiger partial charge on any atom is -1.00 e. The number of nitrogens with one attached hydrogen (secondary N) is 2. The standard InChI is InChI=1S/C27H50N4O4.2ClH/c1-2-3-4-5-8-13-21-34-24-19-18-20(25(24)35-21)23(27(33)31-17-12-7-10-15-29)22(19)26(32)30-16-11-6-9-14-28;;/h19-25H,2-18,28-29H2,1H3,(H,30,32)(H,31,33);2*1H/p-2. The van der Waals surface area contributed by atoms with Gasteiger partial charge < -0.3 is 56.4 Å². The Bertz CT molecular complexity index is 614. The topological polar surface area (TPSA) is 129 Å². The van der Waals surface area contributed by atoms with Gasteiger partial charge in [0.2, 0.25) is 11.8 Å². The van der Waals surface area contributed by atoms with Gasteiger partial charge in [-0.2, -0.15) is 0 Å². The second-order valence-corrected chi connectivity index (χ2v) is 10.7. The molecule has 8 nitrogen and oxygen atoms in total. The van der Waals surface area contributed by atoms with E-state index >= 15 is 0 Å². The number of halogens is 2. The average molecular weight is 566 g/mol. The molecule has 2 aliphatic carbocycles. The van der Waals surface area contributed by atoms with E-state index < -0.39 is 0 Å². The van der Waals surface area contributed by atoms with Crippen LogP contribution in [0.5, 0.6) is 0 Å². The number of carbonyl (C=O) groups is 2. The van der Waals surface area contributed by atoms with Crippen molar-refractivity contribution < 1.29 is 43.9 Å². The lowest BCUT2D eigenvalue weighted by Gasteiger charge is -2.34. The van der Waals surface area contributed by atoms with Gasteiger partial charge in [0.25, 0.3) is 0 Å². The number of hydrogen-bond donors (Lipinski definition) is 4. The molecule has 2 bridgehead atoms. The molecule has 2 saturated carbocycles. The van der Waals surface area contributed by atoms with Crippen LogP contribution in [0.25, 0.3) is 0 Å². The Labute approximate surface area is 236 Å². The fraction of sp³-hybridized carbons (Fsp3) is 0.926. The Morgan fingerprint density at radius 2 is 1.16 bits per heavy atom. The van der Waals surface area contributed by atoms with E-state index in [9.17, 15) is 9.59 Å². The molecule has 6 N–H and O–H groups in total. The van der Waals surface area contributed by atoms with Crippen LogP contribution in [0.1, 0.15) is 90.4 Å². The number of unbranched alkanes of at least 4 members (excludes halogenated alkanes) is 8. The zero-order chi connectivity index (χ0) is 25.0. The Morgan fingerprint density at radius 3 is 1.62 bits per heavy atom. The molecule has 37 heavy (non-hydrogen) atoms. The first kappa shape index (κ1) is 34.4. The summed E-state index contributed by atoms with van der Waals surface area (Å²) in [6, 6.07) is 0. The third-order valence-electron chi connectivity index (χ3n) is 8.15. The lowest BCUT2D eigenvalue weighted by Crippen LogP contribution is -3.00. The van der Waals surface area contributed by atoms with Crippen molar-refractivity contribution >= 4 is 11.8 Å². The van der Waals surface area contributed by atoms with Crippen molar-refractivity contribution in [3.05, 3.63) is 0 Å². The van der Waals surface area contributed by atoms with Gasteiger partial charge in [0.15, 0.2) is 6.29 Å². The maximum absolute atomic E-state index is 13.3. The zero-order valence-corrected chi connectivity index (χ0v) is 24.1. The van der Waals surface area contributed by atoms with E-state index in [0.29, 0.717) is 26.2 Å². The molecule has 1 saturated heterocycles. The highest BCUT2D eigenvalue weighted by Crippen LogP contribution is 2.57. The molecule has 6 unspecified atom stereocenters. The molecule has 218 valence electrons. The first-order chi connectivity index (χ1) is 17.1. The fourth-order valence-electron chi connectivity index (χ4n) is 6.36. The number of rotatable bonds is 18. The van der Waals surface area contributed by atoms with Gasteiger partial charge in [0.05, 0.1) is 24.0 Å². The molecule has 0 spiro atoms. The van der Waals surface area contributed by atoms with Crippen LogP contribution < -0.4 is 46.9 Å². The summed E-state index contributed by atoms with van der Waals surface area (Å²) in [6.45, 7) is 4.83. The maximum Gasteiger partial charge on any atom is 0.224 e. The Hall–Kier alpha value is -0.640. The normalized spacial score (nSPS) is 29.3. The summed E-state index contributed by atoms with van der Waals surface area (Å²) >= 11 is 0. The van der Waals surface area contributed by atoms with Gasteiger partial charge >= 0.3 is 0 Å². The molecule has 6 atom stereocenters. The third-order valence-corrected chi connectivity index (χ3v) is 8.15. The van der Waals surface area contributed by atoms with Crippen LogP contribution in [0.3, 0.4) is 0 Å². The highest BCUT2D eigenvalue weighted by Gasteiger charge is 2.66. The maximum atomic E-state index is 13.3. The van der Waals surface area contributed by atoms with E-state index in [-0.39, 0.29) is 78.8 Å². The summed E-state index contributed by atoms with van der Waals surface area (Å²) in [5.41, 5.74) is 11.2. The molecule has 10 heteroatoms. The van der Waals surface area contributed by atoms with Crippen molar-refractivity contribution in [3.8, 4) is 0 Å². The number of carbonyl (C=O) groups excluding carboxylic acids is 2.